The van der Waals surface area contributed by atoms with Crippen molar-refractivity contribution in [1.29, 1.82) is 0 Å². The van der Waals surface area contributed by atoms with Gasteiger partial charge in [-0.3, -0.25) is 9.59 Å². The van der Waals surface area contributed by atoms with Gasteiger partial charge >= 0.3 is 0 Å². The number of hydrogen-bond donors (Lipinski definition) is 1. The third-order valence-electron chi connectivity index (χ3n) is 3.44. The second-order valence-corrected chi connectivity index (χ2v) is 7.57. The summed E-state index contributed by atoms with van der Waals surface area (Å²) in [6, 6.07) is -0.304. The van der Waals surface area contributed by atoms with E-state index in [2.05, 4.69) is 5.32 Å². The maximum atomic E-state index is 12.4. The van der Waals surface area contributed by atoms with Crippen LogP contribution in [0.1, 0.15) is 26.2 Å². The molecule has 0 aromatic carbocycles. The summed E-state index contributed by atoms with van der Waals surface area (Å²) < 4.78 is 0. The monoisotopic (exact) mass is 302 g/mol. The highest BCUT2D eigenvalue weighted by Gasteiger charge is 2.30. The summed E-state index contributed by atoms with van der Waals surface area (Å²) in [5.74, 6) is 3.64. The fourth-order valence-electron chi connectivity index (χ4n) is 2.45. The molecule has 1 N–H and O–H groups in total. The van der Waals surface area contributed by atoms with Crippen LogP contribution in [-0.2, 0) is 9.59 Å². The van der Waals surface area contributed by atoms with Gasteiger partial charge in [-0.05, 0) is 6.42 Å². The third-order valence-corrected chi connectivity index (χ3v) is 6.27. The van der Waals surface area contributed by atoms with E-state index in [-0.39, 0.29) is 17.9 Å². The molecule has 0 radical (unpaired) electrons. The molecular formula is C13H22N2O2S2. The van der Waals surface area contributed by atoms with E-state index in [1.165, 1.54) is 11.5 Å². The molecule has 108 valence electrons. The molecule has 0 saturated carbocycles. The highest BCUT2D eigenvalue weighted by Crippen LogP contribution is 2.25. The Labute approximate surface area is 123 Å². The second kappa shape index (κ2) is 7.43. The van der Waals surface area contributed by atoms with Crippen LogP contribution in [0, 0.1) is 0 Å². The van der Waals surface area contributed by atoms with E-state index in [1.807, 2.05) is 35.3 Å². The molecule has 2 aliphatic rings. The first kappa shape index (κ1) is 15.0. The van der Waals surface area contributed by atoms with Gasteiger partial charge in [-0.1, -0.05) is 13.3 Å². The van der Waals surface area contributed by atoms with Crippen molar-refractivity contribution in [3.8, 4) is 0 Å². The maximum absolute atomic E-state index is 12.4. The van der Waals surface area contributed by atoms with E-state index in [1.54, 1.807) is 0 Å². The molecule has 0 bridgehead atoms. The lowest BCUT2D eigenvalue weighted by atomic mass is 10.1. The Morgan fingerprint density at radius 2 is 2.21 bits per heavy atom. The minimum atomic E-state index is -0.304. The standard InChI is InChI=1S/C13H22N2O2S2/c1-2-3-11-13(17)15(5-4-12(16)14-11)8-10-9-18-6-7-19-10/h10-11H,2-9H2,1H3,(H,14,16). The first-order valence-electron chi connectivity index (χ1n) is 6.98. The Kier molecular flexibility index (Phi) is 5.88. The number of rotatable bonds is 4. The van der Waals surface area contributed by atoms with E-state index in [4.69, 9.17) is 0 Å². The van der Waals surface area contributed by atoms with Gasteiger partial charge in [0.15, 0.2) is 0 Å². The lowest BCUT2D eigenvalue weighted by Crippen LogP contribution is -2.46. The van der Waals surface area contributed by atoms with Crippen molar-refractivity contribution in [3.63, 3.8) is 0 Å². The van der Waals surface area contributed by atoms with Crippen LogP contribution in [0.5, 0.6) is 0 Å². The molecule has 2 aliphatic heterocycles. The van der Waals surface area contributed by atoms with Crippen molar-refractivity contribution in [2.24, 2.45) is 0 Å². The van der Waals surface area contributed by atoms with Crippen LogP contribution in [0.3, 0.4) is 0 Å². The summed E-state index contributed by atoms with van der Waals surface area (Å²) in [5, 5.41) is 3.38. The summed E-state index contributed by atoms with van der Waals surface area (Å²) in [7, 11) is 0. The molecule has 0 aromatic rings. The SMILES string of the molecule is CCCC1NC(=O)CCN(CC2CSCCS2)C1=O. The molecule has 6 heteroatoms. The molecule has 2 fully saturated rings. The average Bonchev–Trinajstić information content (AvgIpc) is 2.54. The van der Waals surface area contributed by atoms with Crippen LogP contribution >= 0.6 is 23.5 Å². The highest BCUT2D eigenvalue weighted by molar-refractivity contribution is 8.06. The van der Waals surface area contributed by atoms with Crippen molar-refractivity contribution in [2.75, 3.05) is 30.3 Å². The Bertz CT molecular complexity index is 333. The lowest BCUT2D eigenvalue weighted by molar-refractivity contribution is -0.133. The molecule has 2 saturated heterocycles. The molecule has 19 heavy (non-hydrogen) atoms. The summed E-state index contributed by atoms with van der Waals surface area (Å²) in [6.07, 6.45) is 2.10. The van der Waals surface area contributed by atoms with Gasteiger partial charge in [-0.2, -0.15) is 23.5 Å². The molecule has 0 spiro atoms. The van der Waals surface area contributed by atoms with Gasteiger partial charge in [-0.25, -0.2) is 0 Å². The van der Waals surface area contributed by atoms with Gasteiger partial charge in [0.05, 0.1) is 0 Å². The Morgan fingerprint density at radius 1 is 1.37 bits per heavy atom. The lowest BCUT2D eigenvalue weighted by Gasteiger charge is -2.29. The fourth-order valence-corrected chi connectivity index (χ4v) is 5.13. The Morgan fingerprint density at radius 3 is 2.89 bits per heavy atom. The molecule has 2 amide bonds. The summed E-state index contributed by atoms with van der Waals surface area (Å²) in [5.41, 5.74) is 0. The smallest absolute Gasteiger partial charge is 0.245 e. The van der Waals surface area contributed by atoms with E-state index in [0.717, 1.165) is 25.1 Å². The van der Waals surface area contributed by atoms with Crippen molar-refractivity contribution in [1.82, 2.24) is 10.2 Å². The third kappa shape index (κ3) is 4.31. The van der Waals surface area contributed by atoms with Crippen LogP contribution in [0.15, 0.2) is 0 Å². The number of carbonyl (C=O) groups is 2. The van der Waals surface area contributed by atoms with Gasteiger partial charge in [0.25, 0.3) is 0 Å². The molecule has 0 aromatic heterocycles. The van der Waals surface area contributed by atoms with Gasteiger partial charge in [0, 0.05) is 42.0 Å². The van der Waals surface area contributed by atoms with E-state index in [0.29, 0.717) is 18.2 Å². The van der Waals surface area contributed by atoms with Crippen molar-refractivity contribution >= 4 is 35.3 Å². The van der Waals surface area contributed by atoms with Crippen molar-refractivity contribution < 1.29 is 9.59 Å². The van der Waals surface area contributed by atoms with Gasteiger partial charge < -0.3 is 10.2 Å². The molecular weight excluding hydrogens is 280 g/mol. The van der Waals surface area contributed by atoms with Crippen molar-refractivity contribution in [3.05, 3.63) is 0 Å². The zero-order valence-corrected chi connectivity index (χ0v) is 13.0. The summed E-state index contributed by atoms with van der Waals surface area (Å²) >= 11 is 3.93. The minimum Gasteiger partial charge on any atom is -0.344 e. The van der Waals surface area contributed by atoms with Gasteiger partial charge in [-0.15, -0.1) is 0 Å². The minimum absolute atomic E-state index is 0.0139. The maximum Gasteiger partial charge on any atom is 0.245 e. The summed E-state index contributed by atoms with van der Waals surface area (Å²) in [6.45, 7) is 3.42. The van der Waals surface area contributed by atoms with Crippen molar-refractivity contribution in [2.45, 2.75) is 37.5 Å². The molecule has 2 rings (SSSR count). The van der Waals surface area contributed by atoms with Gasteiger partial charge in [0.1, 0.15) is 6.04 Å². The number of nitrogens with zero attached hydrogens (tertiary/aromatic N) is 1. The second-order valence-electron chi connectivity index (χ2n) is 5.01. The first-order valence-corrected chi connectivity index (χ1v) is 9.18. The van der Waals surface area contributed by atoms with E-state index >= 15 is 0 Å². The quantitative estimate of drug-likeness (QED) is 0.852. The largest absolute Gasteiger partial charge is 0.344 e. The topological polar surface area (TPSA) is 49.4 Å². The predicted molar refractivity (Wildman–Crippen MR) is 81.6 cm³/mol. The predicted octanol–water partition coefficient (Wildman–Crippen LogP) is 1.35. The number of nitrogens with one attached hydrogen (secondary N) is 1. The molecule has 0 aliphatic carbocycles. The average molecular weight is 302 g/mol. The number of hydrogen-bond acceptors (Lipinski definition) is 4. The fraction of sp³-hybridized carbons (Fsp3) is 0.846. The molecule has 2 atom stereocenters. The van der Waals surface area contributed by atoms with Crippen LogP contribution in [0.2, 0.25) is 0 Å². The Balaban J connectivity index is 1.96. The van der Waals surface area contributed by atoms with Crippen LogP contribution in [0.4, 0.5) is 0 Å². The molecule has 2 unspecified atom stereocenters. The highest BCUT2D eigenvalue weighted by atomic mass is 32.2. The number of amides is 2. The van der Waals surface area contributed by atoms with E-state index in [9.17, 15) is 9.59 Å². The first-order chi connectivity index (χ1) is 9.20. The number of thioether (sulfide) groups is 2. The zero-order chi connectivity index (χ0) is 13.7. The summed E-state index contributed by atoms with van der Waals surface area (Å²) in [4.78, 5) is 26.0. The number of carbonyl (C=O) groups excluding carboxylic acids is 2. The van der Waals surface area contributed by atoms with Gasteiger partial charge in [0.2, 0.25) is 11.8 Å². The van der Waals surface area contributed by atoms with Crippen LogP contribution < -0.4 is 5.32 Å². The molecule has 2 heterocycles. The van der Waals surface area contributed by atoms with Crippen LogP contribution in [0.25, 0.3) is 0 Å². The molecule has 4 nitrogen and oxygen atoms in total. The normalized spacial score (nSPS) is 29.0. The zero-order valence-electron chi connectivity index (χ0n) is 11.4. The Hall–Kier alpha value is -0.360. The van der Waals surface area contributed by atoms with E-state index < -0.39 is 0 Å². The van der Waals surface area contributed by atoms with Crippen LogP contribution in [-0.4, -0.2) is 58.4 Å².